The molecular formula is C20H20ClN3O2. The fraction of sp³-hybridized carbons (Fsp3) is 0.300. The van der Waals surface area contributed by atoms with Gasteiger partial charge in [-0.2, -0.15) is 0 Å². The number of nitrogens with zero attached hydrogens (tertiary/aromatic N) is 2. The number of aromatic amines is 1. The standard InChI is InChI=1S/C20H20ClN3O2/c21-14-6-1-4-10-18(14)26-13-11-19(25)24-12-5-9-17(24)20-22-15-7-2-3-8-16(15)23-20/h1-4,6-8,10,17H,5,9,11-13H2,(H,22,23)/t17-/m1/s1. The Morgan fingerprint density at radius 1 is 1.23 bits per heavy atom. The number of hydrogen-bond donors (Lipinski definition) is 1. The van der Waals surface area contributed by atoms with Crippen LogP contribution in [-0.4, -0.2) is 33.9 Å². The van der Waals surface area contributed by atoms with Gasteiger partial charge in [0.15, 0.2) is 0 Å². The third-order valence-corrected chi connectivity index (χ3v) is 5.02. The lowest BCUT2D eigenvalue weighted by atomic mass is 10.2. The number of likely N-dealkylation sites (tertiary alicyclic amines) is 1. The van der Waals surface area contributed by atoms with Crippen LogP contribution >= 0.6 is 11.6 Å². The number of fused-ring (bicyclic) bond motifs is 1. The van der Waals surface area contributed by atoms with Gasteiger partial charge in [-0.1, -0.05) is 35.9 Å². The number of H-pyrrole nitrogens is 1. The van der Waals surface area contributed by atoms with Crippen LogP contribution < -0.4 is 4.74 Å². The number of imidazole rings is 1. The average Bonchev–Trinajstić information content (AvgIpc) is 3.29. The van der Waals surface area contributed by atoms with Gasteiger partial charge >= 0.3 is 0 Å². The van der Waals surface area contributed by atoms with Crippen molar-refractivity contribution in [3.8, 4) is 5.75 Å². The molecule has 0 saturated carbocycles. The minimum atomic E-state index is 0.00946. The van der Waals surface area contributed by atoms with Gasteiger partial charge in [0.25, 0.3) is 0 Å². The van der Waals surface area contributed by atoms with E-state index in [0.29, 0.717) is 23.8 Å². The molecule has 1 amide bonds. The van der Waals surface area contributed by atoms with Crippen molar-refractivity contribution in [2.45, 2.75) is 25.3 Å². The summed E-state index contributed by atoms with van der Waals surface area (Å²) in [7, 11) is 0. The number of amides is 1. The van der Waals surface area contributed by atoms with Gasteiger partial charge < -0.3 is 14.6 Å². The zero-order valence-corrected chi connectivity index (χ0v) is 15.1. The second-order valence-electron chi connectivity index (χ2n) is 6.41. The molecule has 1 saturated heterocycles. The summed E-state index contributed by atoms with van der Waals surface area (Å²) in [5.41, 5.74) is 1.94. The van der Waals surface area contributed by atoms with E-state index in [1.165, 1.54) is 0 Å². The maximum atomic E-state index is 12.7. The minimum absolute atomic E-state index is 0.00946. The summed E-state index contributed by atoms with van der Waals surface area (Å²) in [6, 6.07) is 15.2. The number of rotatable bonds is 5. The number of benzene rings is 2. The Kier molecular flexibility index (Phi) is 4.80. The van der Waals surface area contributed by atoms with Crippen LogP contribution in [0.4, 0.5) is 0 Å². The number of carbonyl (C=O) groups is 1. The van der Waals surface area contributed by atoms with Gasteiger partial charge in [-0.15, -0.1) is 0 Å². The highest BCUT2D eigenvalue weighted by molar-refractivity contribution is 6.32. The molecule has 4 rings (SSSR count). The molecule has 0 aliphatic carbocycles. The summed E-state index contributed by atoms with van der Waals surface area (Å²) in [5, 5.41) is 0.557. The number of ether oxygens (including phenoxy) is 1. The van der Waals surface area contributed by atoms with E-state index in [4.69, 9.17) is 16.3 Å². The van der Waals surface area contributed by atoms with E-state index in [-0.39, 0.29) is 11.9 Å². The SMILES string of the molecule is O=C(CCOc1ccccc1Cl)N1CCC[C@@H]1c1nc2ccccc2[nH]1. The van der Waals surface area contributed by atoms with Crippen molar-refractivity contribution >= 4 is 28.5 Å². The number of halogens is 1. The number of hydrogen-bond acceptors (Lipinski definition) is 3. The first-order valence-electron chi connectivity index (χ1n) is 8.84. The smallest absolute Gasteiger partial charge is 0.226 e. The highest BCUT2D eigenvalue weighted by Crippen LogP contribution is 2.32. The lowest BCUT2D eigenvalue weighted by Gasteiger charge is -2.23. The molecule has 1 atom stereocenters. The van der Waals surface area contributed by atoms with Gasteiger partial charge in [-0.25, -0.2) is 4.98 Å². The highest BCUT2D eigenvalue weighted by Gasteiger charge is 2.31. The summed E-state index contributed by atoms with van der Waals surface area (Å²) >= 11 is 6.08. The zero-order chi connectivity index (χ0) is 17.9. The molecule has 1 N–H and O–H groups in total. The lowest BCUT2D eigenvalue weighted by molar-refractivity contribution is -0.132. The molecule has 5 nitrogen and oxygen atoms in total. The summed E-state index contributed by atoms with van der Waals surface area (Å²) in [6.45, 7) is 1.07. The van der Waals surface area contributed by atoms with Crippen LogP contribution in [0.3, 0.4) is 0 Å². The third-order valence-electron chi connectivity index (χ3n) is 4.71. The molecule has 0 bridgehead atoms. The van der Waals surface area contributed by atoms with Crippen molar-refractivity contribution in [3.63, 3.8) is 0 Å². The Hall–Kier alpha value is -2.53. The number of para-hydroxylation sites is 3. The molecule has 2 heterocycles. The van der Waals surface area contributed by atoms with Crippen molar-refractivity contribution in [1.29, 1.82) is 0 Å². The molecule has 0 unspecified atom stereocenters. The quantitative estimate of drug-likeness (QED) is 0.727. The van der Waals surface area contributed by atoms with E-state index >= 15 is 0 Å². The normalized spacial score (nSPS) is 17.0. The monoisotopic (exact) mass is 369 g/mol. The minimum Gasteiger partial charge on any atom is -0.491 e. The number of aromatic nitrogens is 2. The topological polar surface area (TPSA) is 58.2 Å². The summed E-state index contributed by atoms with van der Waals surface area (Å²) in [5.74, 6) is 1.56. The molecule has 0 radical (unpaired) electrons. The van der Waals surface area contributed by atoms with Gasteiger partial charge in [-0.3, -0.25) is 4.79 Å². The molecule has 26 heavy (non-hydrogen) atoms. The van der Waals surface area contributed by atoms with Gasteiger partial charge in [-0.05, 0) is 37.1 Å². The Morgan fingerprint density at radius 3 is 2.88 bits per heavy atom. The lowest BCUT2D eigenvalue weighted by Crippen LogP contribution is -2.32. The van der Waals surface area contributed by atoms with Crippen LogP contribution in [0.1, 0.15) is 31.1 Å². The first-order chi connectivity index (χ1) is 12.7. The van der Waals surface area contributed by atoms with Crippen LogP contribution in [0.2, 0.25) is 5.02 Å². The first kappa shape index (κ1) is 16.9. The van der Waals surface area contributed by atoms with Crippen LogP contribution in [0, 0.1) is 0 Å². The number of carbonyl (C=O) groups excluding carboxylic acids is 1. The van der Waals surface area contributed by atoms with Crippen LogP contribution in [0.25, 0.3) is 11.0 Å². The Morgan fingerprint density at radius 2 is 2.04 bits per heavy atom. The molecule has 1 aromatic heterocycles. The molecule has 1 aliphatic heterocycles. The second kappa shape index (κ2) is 7.38. The summed E-state index contributed by atoms with van der Waals surface area (Å²) < 4.78 is 5.65. The maximum Gasteiger partial charge on any atom is 0.226 e. The Balaban J connectivity index is 1.41. The molecule has 2 aromatic carbocycles. The van der Waals surface area contributed by atoms with Crippen molar-refractivity contribution in [3.05, 3.63) is 59.4 Å². The molecule has 134 valence electrons. The van der Waals surface area contributed by atoms with E-state index < -0.39 is 0 Å². The summed E-state index contributed by atoms with van der Waals surface area (Å²) in [4.78, 5) is 22.6. The second-order valence-corrected chi connectivity index (χ2v) is 6.82. The largest absolute Gasteiger partial charge is 0.491 e. The van der Waals surface area contributed by atoms with Crippen molar-refractivity contribution in [1.82, 2.24) is 14.9 Å². The highest BCUT2D eigenvalue weighted by atomic mass is 35.5. The zero-order valence-electron chi connectivity index (χ0n) is 14.3. The van der Waals surface area contributed by atoms with Crippen molar-refractivity contribution < 1.29 is 9.53 Å². The van der Waals surface area contributed by atoms with Crippen molar-refractivity contribution in [2.75, 3.05) is 13.2 Å². The van der Waals surface area contributed by atoms with E-state index in [1.807, 2.05) is 41.3 Å². The van der Waals surface area contributed by atoms with E-state index in [2.05, 4.69) is 9.97 Å². The molecule has 3 aromatic rings. The fourth-order valence-corrected chi connectivity index (χ4v) is 3.62. The third kappa shape index (κ3) is 3.40. The number of nitrogens with one attached hydrogen (secondary N) is 1. The predicted octanol–water partition coefficient (Wildman–Crippen LogP) is 4.35. The Bertz CT molecular complexity index is 891. The molecule has 6 heteroatoms. The van der Waals surface area contributed by atoms with Gasteiger partial charge in [0.2, 0.25) is 5.91 Å². The van der Waals surface area contributed by atoms with E-state index in [9.17, 15) is 4.79 Å². The van der Waals surface area contributed by atoms with E-state index in [1.54, 1.807) is 12.1 Å². The van der Waals surface area contributed by atoms with Gasteiger partial charge in [0.1, 0.15) is 11.6 Å². The first-order valence-corrected chi connectivity index (χ1v) is 9.21. The van der Waals surface area contributed by atoms with Crippen LogP contribution in [0.15, 0.2) is 48.5 Å². The average molecular weight is 370 g/mol. The molecule has 1 fully saturated rings. The van der Waals surface area contributed by atoms with Gasteiger partial charge in [0, 0.05) is 6.54 Å². The van der Waals surface area contributed by atoms with Crippen molar-refractivity contribution in [2.24, 2.45) is 0 Å². The van der Waals surface area contributed by atoms with Crippen LogP contribution in [0.5, 0.6) is 5.75 Å². The van der Waals surface area contributed by atoms with Crippen LogP contribution in [-0.2, 0) is 4.79 Å². The van der Waals surface area contributed by atoms with Gasteiger partial charge in [0.05, 0.1) is 35.1 Å². The summed E-state index contributed by atoms with van der Waals surface area (Å²) in [6.07, 6.45) is 2.23. The molecule has 1 aliphatic rings. The van der Waals surface area contributed by atoms with E-state index in [0.717, 1.165) is 36.2 Å². The Labute approximate surface area is 156 Å². The predicted molar refractivity (Wildman–Crippen MR) is 101 cm³/mol. The maximum absolute atomic E-state index is 12.7. The molecular weight excluding hydrogens is 350 g/mol. The molecule has 0 spiro atoms. The fourth-order valence-electron chi connectivity index (χ4n) is 3.43.